The lowest BCUT2D eigenvalue weighted by atomic mass is 10.0. The predicted molar refractivity (Wildman–Crippen MR) is 80.7 cm³/mol. The monoisotopic (exact) mass is 318 g/mol. The Morgan fingerprint density at radius 2 is 1.77 bits per heavy atom. The number of primary sulfonamides is 1. The molecule has 1 aliphatic rings. The molecular formula is C15H11FN2O3S. The van der Waals surface area contributed by atoms with Gasteiger partial charge in [0.2, 0.25) is 10.0 Å². The summed E-state index contributed by atoms with van der Waals surface area (Å²) in [5.74, 6) is -0.776. The number of hydrogen-bond acceptors (Lipinski definition) is 3. The van der Waals surface area contributed by atoms with E-state index in [1.165, 1.54) is 42.5 Å². The van der Waals surface area contributed by atoms with Crippen LogP contribution in [0.5, 0.6) is 0 Å². The molecule has 0 aromatic heterocycles. The molecule has 0 bridgehead atoms. The summed E-state index contributed by atoms with van der Waals surface area (Å²) in [5.41, 5.74) is 1.94. The summed E-state index contributed by atoms with van der Waals surface area (Å²) in [6, 6.07) is 9.78. The maximum absolute atomic E-state index is 13.3. The van der Waals surface area contributed by atoms with E-state index in [-0.39, 0.29) is 10.8 Å². The molecule has 0 radical (unpaired) electrons. The Hall–Kier alpha value is -2.51. The Morgan fingerprint density at radius 1 is 1.09 bits per heavy atom. The molecule has 5 nitrogen and oxygen atoms in total. The van der Waals surface area contributed by atoms with E-state index in [4.69, 9.17) is 5.14 Å². The molecule has 0 saturated heterocycles. The first-order valence-electron chi connectivity index (χ1n) is 6.30. The van der Waals surface area contributed by atoms with Crippen molar-refractivity contribution in [2.75, 3.05) is 5.32 Å². The van der Waals surface area contributed by atoms with Gasteiger partial charge in [-0.25, -0.2) is 17.9 Å². The van der Waals surface area contributed by atoms with E-state index < -0.39 is 15.8 Å². The lowest BCUT2D eigenvalue weighted by molar-refractivity contribution is -0.110. The Labute approximate surface area is 126 Å². The maximum atomic E-state index is 13.3. The third kappa shape index (κ3) is 2.63. The lowest BCUT2D eigenvalue weighted by Crippen LogP contribution is -2.11. The number of rotatable bonds is 2. The van der Waals surface area contributed by atoms with E-state index in [0.29, 0.717) is 22.4 Å². The SMILES string of the molecule is NS(=O)(=O)c1ccc(/C=C2/C(=O)Nc3ccc(F)cc32)cc1. The summed E-state index contributed by atoms with van der Waals surface area (Å²) < 4.78 is 35.7. The van der Waals surface area contributed by atoms with Crippen LogP contribution in [0.4, 0.5) is 10.1 Å². The normalized spacial score (nSPS) is 15.7. The number of anilines is 1. The van der Waals surface area contributed by atoms with Crippen molar-refractivity contribution in [3.05, 3.63) is 59.4 Å². The first-order chi connectivity index (χ1) is 10.3. The van der Waals surface area contributed by atoms with Crippen LogP contribution < -0.4 is 10.5 Å². The number of nitrogens with two attached hydrogens (primary N) is 1. The molecule has 3 rings (SSSR count). The van der Waals surface area contributed by atoms with Crippen molar-refractivity contribution >= 4 is 33.3 Å². The molecule has 1 heterocycles. The van der Waals surface area contributed by atoms with Crippen molar-refractivity contribution in [2.45, 2.75) is 4.90 Å². The molecule has 2 aromatic carbocycles. The topological polar surface area (TPSA) is 89.3 Å². The fourth-order valence-corrected chi connectivity index (χ4v) is 2.74. The van der Waals surface area contributed by atoms with Gasteiger partial charge in [0.15, 0.2) is 0 Å². The van der Waals surface area contributed by atoms with E-state index in [9.17, 15) is 17.6 Å². The Kier molecular flexibility index (Phi) is 3.31. The molecule has 0 fully saturated rings. The van der Waals surface area contributed by atoms with E-state index in [1.807, 2.05) is 0 Å². The van der Waals surface area contributed by atoms with Gasteiger partial charge >= 0.3 is 0 Å². The Bertz CT molecular complexity index is 903. The second-order valence-electron chi connectivity index (χ2n) is 4.82. The van der Waals surface area contributed by atoms with E-state index in [0.717, 1.165) is 0 Å². The van der Waals surface area contributed by atoms with Crippen LogP contribution in [0, 0.1) is 5.82 Å². The summed E-state index contributed by atoms with van der Waals surface area (Å²) in [6.45, 7) is 0. The smallest absolute Gasteiger partial charge is 0.256 e. The third-order valence-corrected chi connectivity index (χ3v) is 4.21. The largest absolute Gasteiger partial charge is 0.321 e. The van der Waals surface area contributed by atoms with Crippen LogP contribution in [0.3, 0.4) is 0 Å². The minimum absolute atomic E-state index is 0.0167. The van der Waals surface area contributed by atoms with Crippen LogP contribution in [-0.4, -0.2) is 14.3 Å². The molecule has 3 N–H and O–H groups in total. The number of nitrogens with one attached hydrogen (secondary N) is 1. The van der Waals surface area contributed by atoms with Crippen molar-refractivity contribution in [2.24, 2.45) is 5.14 Å². The molecule has 0 aliphatic carbocycles. The van der Waals surface area contributed by atoms with Crippen LogP contribution in [0.2, 0.25) is 0 Å². The summed E-state index contributed by atoms with van der Waals surface area (Å²) in [6.07, 6.45) is 1.56. The summed E-state index contributed by atoms with van der Waals surface area (Å²) in [7, 11) is -3.76. The van der Waals surface area contributed by atoms with Gasteiger partial charge < -0.3 is 5.32 Å². The fraction of sp³-hybridized carbons (Fsp3) is 0. The van der Waals surface area contributed by atoms with Gasteiger partial charge in [0, 0.05) is 16.8 Å². The molecule has 0 atom stereocenters. The highest BCUT2D eigenvalue weighted by Gasteiger charge is 2.24. The first-order valence-corrected chi connectivity index (χ1v) is 7.85. The highest BCUT2D eigenvalue weighted by molar-refractivity contribution is 7.89. The minimum Gasteiger partial charge on any atom is -0.321 e. The number of amides is 1. The van der Waals surface area contributed by atoms with Gasteiger partial charge in [-0.15, -0.1) is 0 Å². The van der Waals surface area contributed by atoms with Crippen LogP contribution in [0.15, 0.2) is 47.4 Å². The molecule has 7 heteroatoms. The van der Waals surface area contributed by atoms with Crippen molar-refractivity contribution < 1.29 is 17.6 Å². The van der Waals surface area contributed by atoms with Gasteiger partial charge in [-0.05, 0) is 42.0 Å². The van der Waals surface area contributed by atoms with Gasteiger partial charge in [-0.2, -0.15) is 0 Å². The number of sulfonamides is 1. The quantitative estimate of drug-likeness (QED) is 0.830. The second-order valence-corrected chi connectivity index (χ2v) is 6.38. The zero-order valence-corrected chi connectivity index (χ0v) is 12.0. The summed E-state index contributed by atoms with van der Waals surface area (Å²) >= 11 is 0. The molecule has 1 amide bonds. The van der Waals surface area contributed by atoms with Gasteiger partial charge in [-0.1, -0.05) is 12.1 Å². The molecule has 112 valence electrons. The van der Waals surface area contributed by atoms with Crippen molar-refractivity contribution in [3.63, 3.8) is 0 Å². The Morgan fingerprint density at radius 3 is 2.41 bits per heavy atom. The van der Waals surface area contributed by atoms with Crippen molar-refractivity contribution in [3.8, 4) is 0 Å². The summed E-state index contributed by atoms with van der Waals surface area (Å²) in [4.78, 5) is 11.9. The lowest BCUT2D eigenvalue weighted by Gasteiger charge is -2.01. The molecular weight excluding hydrogens is 307 g/mol. The van der Waals surface area contributed by atoms with Gasteiger partial charge in [-0.3, -0.25) is 4.79 Å². The second kappa shape index (κ2) is 5.04. The highest BCUT2D eigenvalue weighted by atomic mass is 32.2. The van der Waals surface area contributed by atoms with Crippen molar-refractivity contribution in [1.29, 1.82) is 0 Å². The average Bonchev–Trinajstić information content (AvgIpc) is 2.75. The zero-order chi connectivity index (χ0) is 15.9. The standard InChI is InChI=1S/C15H11FN2O3S/c16-10-3-6-14-12(8-10)13(15(19)18-14)7-9-1-4-11(5-2-9)22(17,20)21/h1-8H,(H,18,19)(H2,17,20,21)/b13-7+. The number of hydrogen-bond donors (Lipinski definition) is 2. The van der Waals surface area contributed by atoms with Crippen LogP contribution in [0.1, 0.15) is 11.1 Å². The van der Waals surface area contributed by atoms with Gasteiger partial charge in [0.25, 0.3) is 5.91 Å². The number of fused-ring (bicyclic) bond motifs is 1. The van der Waals surface area contributed by atoms with E-state index in [1.54, 1.807) is 6.08 Å². The predicted octanol–water partition coefficient (Wildman–Crippen LogP) is 1.97. The molecule has 2 aromatic rings. The molecule has 0 saturated carbocycles. The van der Waals surface area contributed by atoms with Crippen LogP contribution in [-0.2, 0) is 14.8 Å². The number of carbonyl (C=O) groups excluding carboxylic acids is 1. The average molecular weight is 318 g/mol. The number of benzene rings is 2. The van der Waals surface area contributed by atoms with E-state index >= 15 is 0 Å². The third-order valence-electron chi connectivity index (χ3n) is 3.28. The maximum Gasteiger partial charge on any atom is 0.256 e. The number of carbonyl (C=O) groups is 1. The Balaban J connectivity index is 2.03. The van der Waals surface area contributed by atoms with Gasteiger partial charge in [0.1, 0.15) is 5.82 Å². The van der Waals surface area contributed by atoms with Crippen molar-refractivity contribution in [1.82, 2.24) is 0 Å². The van der Waals surface area contributed by atoms with Crippen LogP contribution in [0.25, 0.3) is 11.6 Å². The van der Waals surface area contributed by atoms with Gasteiger partial charge in [0.05, 0.1) is 4.90 Å². The molecule has 22 heavy (non-hydrogen) atoms. The highest BCUT2D eigenvalue weighted by Crippen LogP contribution is 2.33. The molecule has 0 unspecified atom stereocenters. The molecule has 1 aliphatic heterocycles. The van der Waals surface area contributed by atoms with E-state index in [2.05, 4.69) is 5.32 Å². The minimum atomic E-state index is -3.76. The summed E-state index contributed by atoms with van der Waals surface area (Å²) in [5, 5.41) is 7.66. The molecule has 0 spiro atoms. The van der Waals surface area contributed by atoms with Crippen LogP contribution >= 0.6 is 0 Å². The zero-order valence-electron chi connectivity index (χ0n) is 11.2. The first kappa shape index (κ1) is 14.4. The fourth-order valence-electron chi connectivity index (χ4n) is 2.22. The number of halogens is 1.